The van der Waals surface area contributed by atoms with Crippen LogP contribution in [-0.2, 0) is 14.2 Å². The fourth-order valence-electron chi connectivity index (χ4n) is 6.04. The van der Waals surface area contributed by atoms with Crippen molar-refractivity contribution in [3.05, 3.63) is 0 Å². The van der Waals surface area contributed by atoms with Crippen molar-refractivity contribution in [2.75, 3.05) is 78.5 Å². The van der Waals surface area contributed by atoms with Crippen molar-refractivity contribution in [2.24, 2.45) is 0 Å². The first-order valence-electron chi connectivity index (χ1n) is 17.0. The van der Waals surface area contributed by atoms with Crippen molar-refractivity contribution in [2.45, 2.75) is 105 Å². The van der Waals surface area contributed by atoms with Crippen LogP contribution in [0.15, 0.2) is 0 Å². The molecule has 0 aliphatic carbocycles. The maximum Gasteiger partial charge on any atom is 0.184 e. The van der Waals surface area contributed by atoms with Gasteiger partial charge in [0.15, 0.2) is 18.9 Å². The van der Waals surface area contributed by atoms with Crippen molar-refractivity contribution >= 4 is 0 Å². The Labute approximate surface area is 285 Å². The zero-order valence-electron chi connectivity index (χ0n) is 27.8. The number of rotatable bonds is 20. The van der Waals surface area contributed by atoms with Crippen LogP contribution in [0.2, 0.25) is 0 Å². The van der Waals surface area contributed by atoms with Crippen molar-refractivity contribution in [3.63, 3.8) is 0 Å². The normalized spacial score (nSPS) is 40.3. The molecule has 49 heavy (non-hydrogen) atoms. The van der Waals surface area contributed by atoms with Crippen LogP contribution in [-0.4, -0.2) is 242 Å². The van der Waals surface area contributed by atoms with Crippen LogP contribution in [0.3, 0.4) is 0 Å². The standard InChI is InChI=1S/C29H59N5O15/c1-2-8-33(13-16-19(36)22(39)25(42)28(45)48-16)10-11-34(14-17-20(37)23(40)26(43)29(46)49-17)9-7-31-4-3-30-5-6-32-12-15-18(35)21(38)24(41)27(44)47-15/h15-32,35-46H,2-14H2,1H3/t15-,16-,17-,18+,19+,20+,21+,22+,23+,24-,25-,26-,27+,28+,29+/m1/s1. The van der Waals surface area contributed by atoms with E-state index in [-0.39, 0.29) is 19.6 Å². The first-order chi connectivity index (χ1) is 23.3. The van der Waals surface area contributed by atoms with Gasteiger partial charge in [0, 0.05) is 72.0 Å². The molecule has 0 radical (unpaired) electrons. The molecule has 3 aliphatic heterocycles. The minimum atomic E-state index is -1.68. The van der Waals surface area contributed by atoms with E-state index in [9.17, 15) is 61.3 Å². The van der Waals surface area contributed by atoms with Crippen LogP contribution < -0.4 is 16.0 Å². The van der Waals surface area contributed by atoms with Gasteiger partial charge >= 0.3 is 0 Å². The molecule has 3 aliphatic rings. The summed E-state index contributed by atoms with van der Waals surface area (Å²) in [5.41, 5.74) is 0. The van der Waals surface area contributed by atoms with Crippen LogP contribution in [0.25, 0.3) is 0 Å². The summed E-state index contributed by atoms with van der Waals surface area (Å²) in [6.45, 7) is 7.04. The topological polar surface area (TPSA) is 313 Å². The molecule has 0 spiro atoms. The van der Waals surface area contributed by atoms with E-state index in [1.807, 2.05) is 16.7 Å². The number of hydrogen-bond donors (Lipinski definition) is 15. The van der Waals surface area contributed by atoms with E-state index in [2.05, 4.69) is 16.0 Å². The predicted molar refractivity (Wildman–Crippen MR) is 168 cm³/mol. The molecule has 3 saturated heterocycles. The molecule has 3 rings (SSSR count). The minimum Gasteiger partial charge on any atom is -0.388 e. The highest BCUT2D eigenvalue weighted by atomic mass is 16.6. The lowest BCUT2D eigenvalue weighted by Crippen LogP contribution is -2.61. The Balaban J connectivity index is 1.43. The highest BCUT2D eigenvalue weighted by Gasteiger charge is 2.45. The number of aliphatic hydroxyl groups excluding tert-OH is 12. The Morgan fingerprint density at radius 3 is 1.22 bits per heavy atom. The molecule has 3 heterocycles. The zero-order chi connectivity index (χ0) is 36.2. The van der Waals surface area contributed by atoms with Crippen molar-refractivity contribution in [1.29, 1.82) is 0 Å². The summed E-state index contributed by atoms with van der Waals surface area (Å²) in [5, 5.41) is 129. The van der Waals surface area contributed by atoms with Crippen molar-refractivity contribution in [3.8, 4) is 0 Å². The third kappa shape index (κ3) is 12.4. The van der Waals surface area contributed by atoms with Gasteiger partial charge in [-0.15, -0.1) is 0 Å². The Kier molecular flexibility index (Phi) is 18.3. The second-order valence-corrected chi connectivity index (χ2v) is 12.9. The molecule has 20 nitrogen and oxygen atoms in total. The lowest BCUT2D eigenvalue weighted by Gasteiger charge is -2.41. The lowest BCUT2D eigenvalue weighted by atomic mass is 9.98. The minimum absolute atomic E-state index is 0.103. The van der Waals surface area contributed by atoms with Gasteiger partial charge in [0.1, 0.15) is 73.2 Å². The first kappa shape index (κ1) is 42.6. The molecule has 0 aromatic rings. The second kappa shape index (κ2) is 21.0. The summed E-state index contributed by atoms with van der Waals surface area (Å²) in [6, 6.07) is 0. The lowest BCUT2D eigenvalue weighted by molar-refractivity contribution is -0.284. The largest absolute Gasteiger partial charge is 0.388 e. The molecule has 15 N–H and O–H groups in total. The van der Waals surface area contributed by atoms with Gasteiger partial charge in [-0.3, -0.25) is 9.80 Å². The van der Waals surface area contributed by atoms with E-state index in [4.69, 9.17) is 14.2 Å². The van der Waals surface area contributed by atoms with Gasteiger partial charge in [-0.2, -0.15) is 0 Å². The number of nitrogens with zero attached hydrogens (tertiary/aromatic N) is 2. The molecule has 0 bridgehead atoms. The van der Waals surface area contributed by atoms with Gasteiger partial charge in [-0.1, -0.05) is 6.92 Å². The van der Waals surface area contributed by atoms with E-state index in [0.717, 1.165) is 6.42 Å². The molecular weight excluding hydrogens is 658 g/mol. The predicted octanol–water partition coefficient (Wildman–Crippen LogP) is -8.83. The van der Waals surface area contributed by atoms with Gasteiger partial charge in [-0.25, -0.2) is 0 Å². The monoisotopic (exact) mass is 717 g/mol. The number of nitrogens with one attached hydrogen (secondary N) is 3. The van der Waals surface area contributed by atoms with Gasteiger partial charge in [0.05, 0.1) is 0 Å². The van der Waals surface area contributed by atoms with Crippen LogP contribution in [0.4, 0.5) is 0 Å². The van der Waals surface area contributed by atoms with Gasteiger partial charge < -0.3 is 91.4 Å². The number of ether oxygens (including phenoxy) is 3. The Morgan fingerprint density at radius 2 is 0.776 bits per heavy atom. The average Bonchev–Trinajstić information content (AvgIpc) is 3.08. The Bertz CT molecular complexity index is 922. The fraction of sp³-hybridized carbons (Fsp3) is 1.00. The van der Waals surface area contributed by atoms with E-state index < -0.39 is 92.1 Å². The van der Waals surface area contributed by atoms with Gasteiger partial charge in [0.25, 0.3) is 0 Å². The Hall–Kier alpha value is -0.800. The molecule has 0 aromatic heterocycles. The van der Waals surface area contributed by atoms with Crippen molar-refractivity contribution in [1.82, 2.24) is 25.8 Å². The molecule has 0 unspecified atom stereocenters. The third-order valence-corrected chi connectivity index (χ3v) is 9.12. The molecule has 20 heteroatoms. The molecule has 15 atom stereocenters. The second-order valence-electron chi connectivity index (χ2n) is 12.9. The summed E-state index contributed by atoms with van der Waals surface area (Å²) in [7, 11) is 0. The zero-order valence-corrected chi connectivity index (χ0v) is 27.8. The molecule has 0 saturated carbocycles. The summed E-state index contributed by atoms with van der Waals surface area (Å²) < 4.78 is 15.9. The third-order valence-electron chi connectivity index (χ3n) is 9.12. The van der Waals surface area contributed by atoms with E-state index in [1.54, 1.807) is 0 Å². The van der Waals surface area contributed by atoms with Crippen LogP contribution >= 0.6 is 0 Å². The smallest absolute Gasteiger partial charge is 0.184 e. The van der Waals surface area contributed by atoms with Crippen molar-refractivity contribution < 1.29 is 75.5 Å². The first-order valence-corrected chi connectivity index (χ1v) is 17.0. The van der Waals surface area contributed by atoms with Crippen LogP contribution in [0.5, 0.6) is 0 Å². The Morgan fingerprint density at radius 1 is 0.408 bits per heavy atom. The molecule has 0 aromatic carbocycles. The van der Waals surface area contributed by atoms with E-state index in [0.29, 0.717) is 58.9 Å². The molecule has 3 fully saturated rings. The summed E-state index contributed by atoms with van der Waals surface area (Å²) >= 11 is 0. The fourth-order valence-corrected chi connectivity index (χ4v) is 6.04. The maximum atomic E-state index is 10.5. The van der Waals surface area contributed by atoms with E-state index >= 15 is 0 Å². The SMILES string of the molecule is CCCN(CCN(CCNCCNCCNC[C@H]1O[C@H](O)[C@H](O)[C@@H](O)[C@H]1O)C[C@H]1O[C@H](O)[C@H](O)[C@@H](O)[C@H]1O)C[C@H]1O[C@H](O)[C@H](O)[C@@H](O)[C@H]1O. The molecular formula is C29H59N5O15. The summed E-state index contributed by atoms with van der Waals surface area (Å²) in [5.74, 6) is 0. The highest BCUT2D eigenvalue weighted by molar-refractivity contribution is 4.92. The summed E-state index contributed by atoms with van der Waals surface area (Å²) in [6.07, 6.45) is -20.8. The average molecular weight is 718 g/mol. The quantitative estimate of drug-likeness (QED) is 0.0520. The highest BCUT2D eigenvalue weighted by Crippen LogP contribution is 2.23. The maximum absolute atomic E-state index is 10.5. The van der Waals surface area contributed by atoms with Gasteiger partial charge in [0.2, 0.25) is 0 Å². The van der Waals surface area contributed by atoms with Crippen LogP contribution in [0.1, 0.15) is 13.3 Å². The van der Waals surface area contributed by atoms with Gasteiger partial charge in [-0.05, 0) is 13.0 Å². The number of hydrogen-bond acceptors (Lipinski definition) is 20. The molecule has 0 amide bonds. The number of aliphatic hydroxyl groups is 12. The van der Waals surface area contributed by atoms with E-state index in [1.165, 1.54) is 0 Å². The summed E-state index contributed by atoms with van der Waals surface area (Å²) in [4.78, 5) is 3.90. The molecule has 290 valence electrons. The van der Waals surface area contributed by atoms with Crippen LogP contribution in [0, 0.1) is 0 Å².